The minimum atomic E-state index is -1.03. The Bertz CT molecular complexity index is 595. The molecule has 1 heterocycles. The maximum Gasteiger partial charge on any atom is 0.291 e. The maximum absolute atomic E-state index is 13.0. The number of ether oxygens (including phenoxy) is 1. The van der Waals surface area contributed by atoms with Crippen molar-refractivity contribution in [1.82, 2.24) is 0 Å². The molecule has 2 rings (SSSR count). The average Bonchev–Trinajstić information content (AvgIpc) is 2.83. The van der Waals surface area contributed by atoms with E-state index in [0.717, 1.165) is 12.1 Å². The van der Waals surface area contributed by atoms with Gasteiger partial charge in [0.25, 0.3) is 5.91 Å². The second-order valence-corrected chi connectivity index (χ2v) is 3.78. The highest BCUT2D eigenvalue weighted by atomic mass is 19.2. The molecule has 0 saturated carbocycles. The molecule has 0 bridgehead atoms. The first-order chi connectivity index (χ1) is 9.10. The van der Waals surface area contributed by atoms with E-state index >= 15 is 0 Å². The van der Waals surface area contributed by atoms with Gasteiger partial charge in [0, 0.05) is 18.9 Å². The second-order valence-electron chi connectivity index (χ2n) is 3.78. The number of halogens is 2. The van der Waals surface area contributed by atoms with E-state index < -0.39 is 17.5 Å². The summed E-state index contributed by atoms with van der Waals surface area (Å²) in [5, 5.41) is 2.40. The third-order valence-electron chi connectivity index (χ3n) is 2.35. The summed E-state index contributed by atoms with van der Waals surface area (Å²) in [6.45, 7) is 0.248. The van der Waals surface area contributed by atoms with Crippen LogP contribution in [0.1, 0.15) is 16.3 Å². The van der Waals surface area contributed by atoms with Gasteiger partial charge in [-0.2, -0.15) is 0 Å². The van der Waals surface area contributed by atoms with E-state index in [-0.39, 0.29) is 18.1 Å². The lowest BCUT2D eigenvalue weighted by Crippen LogP contribution is -2.11. The number of anilines is 1. The molecule has 0 spiro atoms. The van der Waals surface area contributed by atoms with E-state index in [1.165, 1.54) is 19.2 Å². The van der Waals surface area contributed by atoms with E-state index in [2.05, 4.69) is 5.32 Å². The minimum Gasteiger partial charge on any atom is -0.453 e. The van der Waals surface area contributed by atoms with E-state index in [9.17, 15) is 13.6 Å². The van der Waals surface area contributed by atoms with Crippen molar-refractivity contribution in [3.05, 3.63) is 53.5 Å². The number of carbonyl (C=O) groups excluding carboxylic acids is 1. The Kier molecular flexibility index (Phi) is 3.91. The molecule has 1 N–H and O–H groups in total. The first-order valence-corrected chi connectivity index (χ1v) is 5.44. The third-order valence-corrected chi connectivity index (χ3v) is 2.35. The Morgan fingerprint density at radius 2 is 2.05 bits per heavy atom. The summed E-state index contributed by atoms with van der Waals surface area (Å²) in [4.78, 5) is 11.8. The molecule has 1 amide bonds. The number of amides is 1. The molecule has 0 unspecified atom stereocenters. The summed E-state index contributed by atoms with van der Waals surface area (Å²) in [5.41, 5.74) is 0.147. The van der Waals surface area contributed by atoms with Crippen molar-refractivity contribution in [1.29, 1.82) is 0 Å². The number of methoxy groups -OCH3 is 1. The quantitative estimate of drug-likeness (QED) is 0.926. The Hall–Kier alpha value is -2.21. The van der Waals surface area contributed by atoms with Crippen LogP contribution in [0.5, 0.6) is 0 Å². The highest BCUT2D eigenvalue weighted by molar-refractivity contribution is 6.02. The highest BCUT2D eigenvalue weighted by Gasteiger charge is 2.12. The lowest BCUT2D eigenvalue weighted by atomic mass is 10.3. The van der Waals surface area contributed by atoms with Crippen LogP contribution in [0.15, 0.2) is 34.7 Å². The molecule has 0 aliphatic rings. The zero-order valence-corrected chi connectivity index (χ0v) is 10.1. The molecule has 2 aromatic rings. The Morgan fingerprint density at radius 3 is 2.74 bits per heavy atom. The summed E-state index contributed by atoms with van der Waals surface area (Å²) < 4.78 is 35.8. The van der Waals surface area contributed by atoms with Crippen LogP contribution in [0.3, 0.4) is 0 Å². The normalized spacial score (nSPS) is 10.5. The van der Waals surface area contributed by atoms with Crippen LogP contribution in [-0.4, -0.2) is 13.0 Å². The van der Waals surface area contributed by atoms with E-state index in [0.29, 0.717) is 5.76 Å². The first kappa shape index (κ1) is 13.2. The molecular formula is C13H11F2NO3. The molecule has 0 fully saturated rings. The highest BCUT2D eigenvalue weighted by Crippen LogP contribution is 2.15. The van der Waals surface area contributed by atoms with Crippen LogP contribution in [0.25, 0.3) is 0 Å². The number of carbonyl (C=O) groups is 1. The maximum atomic E-state index is 13.0. The molecule has 100 valence electrons. The number of furan rings is 1. The summed E-state index contributed by atoms with van der Waals surface area (Å²) >= 11 is 0. The van der Waals surface area contributed by atoms with Gasteiger partial charge in [0.15, 0.2) is 17.4 Å². The summed E-state index contributed by atoms with van der Waals surface area (Å²) in [6.07, 6.45) is 0. The van der Waals surface area contributed by atoms with Gasteiger partial charge in [-0.15, -0.1) is 0 Å². The number of rotatable bonds is 4. The van der Waals surface area contributed by atoms with Crippen LogP contribution < -0.4 is 5.32 Å². The number of benzene rings is 1. The van der Waals surface area contributed by atoms with Crippen molar-refractivity contribution in [2.24, 2.45) is 0 Å². The molecule has 1 aromatic heterocycles. The van der Waals surface area contributed by atoms with Gasteiger partial charge in [0.1, 0.15) is 12.4 Å². The average molecular weight is 267 g/mol. The van der Waals surface area contributed by atoms with Crippen LogP contribution in [0, 0.1) is 11.6 Å². The summed E-state index contributed by atoms with van der Waals surface area (Å²) in [7, 11) is 1.50. The minimum absolute atomic E-state index is 0.0665. The Balaban J connectivity index is 2.09. The molecule has 1 aromatic carbocycles. The van der Waals surface area contributed by atoms with E-state index in [1.807, 2.05) is 0 Å². The molecule has 0 radical (unpaired) electrons. The van der Waals surface area contributed by atoms with Gasteiger partial charge in [-0.3, -0.25) is 4.79 Å². The molecule has 19 heavy (non-hydrogen) atoms. The molecule has 0 atom stereocenters. The predicted octanol–water partition coefficient (Wildman–Crippen LogP) is 2.96. The van der Waals surface area contributed by atoms with Gasteiger partial charge < -0.3 is 14.5 Å². The summed E-state index contributed by atoms with van der Waals surface area (Å²) in [5.74, 6) is -1.99. The van der Waals surface area contributed by atoms with Gasteiger partial charge in [0.05, 0.1) is 0 Å². The van der Waals surface area contributed by atoms with Crippen LogP contribution >= 0.6 is 0 Å². The fraction of sp³-hybridized carbons (Fsp3) is 0.154. The SMILES string of the molecule is COCc1ccc(C(=O)Nc2ccc(F)c(F)c2)o1. The molecule has 0 aliphatic heterocycles. The fourth-order valence-electron chi connectivity index (χ4n) is 1.49. The first-order valence-electron chi connectivity index (χ1n) is 5.44. The zero-order valence-electron chi connectivity index (χ0n) is 10.1. The van der Waals surface area contributed by atoms with Gasteiger partial charge >= 0.3 is 0 Å². The molecule has 6 heteroatoms. The lowest BCUT2D eigenvalue weighted by Gasteiger charge is -2.03. The second kappa shape index (κ2) is 5.62. The number of nitrogens with one attached hydrogen (secondary N) is 1. The Morgan fingerprint density at radius 1 is 1.26 bits per heavy atom. The van der Waals surface area contributed by atoms with Crippen LogP contribution in [-0.2, 0) is 11.3 Å². The summed E-state index contributed by atoms with van der Waals surface area (Å²) in [6, 6.07) is 6.16. The van der Waals surface area contributed by atoms with Crippen molar-refractivity contribution >= 4 is 11.6 Å². The van der Waals surface area contributed by atoms with Crippen molar-refractivity contribution < 1.29 is 22.7 Å². The van der Waals surface area contributed by atoms with E-state index in [1.54, 1.807) is 6.07 Å². The standard InChI is InChI=1S/C13H11F2NO3/c1-18-7-9-3-5-12(19-9)13(17)16-8-2-4-10(14)11(15)6-8/h2-6H,7H2,1H3,(H,16,17). The third kappa shape index (κ3) is 3.17. The van der Waals surface area contributed by atoms with Crippen molar-refractivity contribution in [3.8, 4) is 0 Å². The van der Waals surface area contributed by atoms with Crippen molar-refractivity contribution in [2.45, 2.75) is 6.61 Å². The molecule has 0 saturated heterocycles. The van der Waals surface area contributed by atoms with Crippen LogP contribution in [0.4, 0.5) is 14.5 Å². The fourth-order valence-corrected chi connectivity index (χ4v) is 1.49. The topological polar surface area (TPSA) is 51.5 Å². The van der Waals surface area contributed by atoms with Crippen molar-refractivity contribution in [2.75, 3.05) is 12.4 Å². The lowest BCUT2D eigenvalue weighted by molar-refractivity contribution is 0.0987. The molecule has 4 nitrogen and oxygen atoms in total. The van der Waals surface area contributed by atoms with Gasteiger partial charge in [-0.1, -0.05) is 0 Å². The Labute approximate surface area is 108 Å². The smallest absolute Gasteiger partial charge is 0.291 e. The zero-order chi connectivity index (χ0) is 13.8. The van der Waals surface area contributed by atoms with Gasteiger partial charge in [0.2, 0.25) is 0 Å². The predicted molar refractivity (Wildman–Crippen MR) is 63.7 cm³/mol. The van der Waals surface area contributed by atoms with E-state index in [4.69, 9.17) is 9.15 Å². The number of hydrogen-bond acceptors (Lipinski definition) is 3. The molecular weight excluding hydrogens is 256 g/mol. The van der Waals surface area contributed by atoms with Gasteiger partial charge in [-0.05, 0) is 24.3 Å². The molecule has 0 aliphatic carbocycles. The van der Waals surface area contributed by atoms with Crippen LogP contribution in [0.2, 0.25) is 0 Å². The monoisotopic (exact) mass is 267 g/mol. The number of hydrogen-bond donors (Lipinski definition) is 1. The van der Waals surface area contributed by atoms with Crippen molar-refractivity contribution in [3.63, 3.8) is 0 Å². The van der Waals surface area contributed by atoms with Gasteiger partial charge in [-0.25, -0.2) is 8.78 Å². The largest absolute Gasteiger partial charge is 0.453 e.